The molecule has 0 saturated heterocycles. The smallest absolute Gasteiger partial charge is 0.188 e. The molecule has 0 aliphatic rings. The SMILES string of the molecule is Cc1cc(C)nc(SCc2ccc(C#CCN)cc2F)n1. The maximum absolute atomic E-state index is 14.0. The van der Waals surface area contributed by atoms with Gasteiger partial charge in [-0.3, -0.25) is 0 Å². The predicted molar refractivity (Wildman–Crippen MR) is 83.4 cm³/mol. The lowest BCUT2D eigenvalue weighted by molar-refractivity contribution is 0.617. The molecule has 0 unspecified atom stereocenters. The second-order valence-electron chi connectivity index (χ2n) is 4.53. The standard InChI is InChI=1S/C16H16FN3S/c1-11-8-12(2)20-16(19-11)21-10-14-6-5-13(4-3-7-18)9-15(14)17/h5-6,8-9H,7,10,18H2,1-2H3. The summed E-state index contributed by atoms with van der Waals surface area (Å²) in [6.07, 6.45) is 0. The molecule has 0 amide bonds. The van der Waals surface area contributed by atoms with E-state index in [4.69, 9.17) is 5.73 Å². The van der Waals surface area contributed by atoms with Gasteiger partial charge in [0, 0.05) is 22.7 Å². The van der Waals surface area contributed by atoms with Gasteiger partial charge in [0.25, 0.3) is 0 Å². The minimum Gasteiger partial charge on any atom is -0.320 e. The van der Waals surface area contributed by atoms with Gasteiger partial charge in [-0.25, -0.2) is 14.4 Å². The second-order valence-corrected chi connectivity index (χ2v) is 5.48. The number of hydrogen-bond donors (Lipinski definition) is 1. The maximum Gasteiger partial charge on any atom is 0.188 e. The van der Waals surface area contributed by atoms with E-state index in [2.05, 4.69) is 21.8 Å². The predicted octanol–water partition coefficient (Wildman–Crippen LogP) is 2.84. The topological polar surface area (TPSA) is 51.8 Å². The number of nitrogens with zero attached hydrogens (tertiary/aromatic N) is 2. The molecule has 0 saturated carbocycles. The number of aryl methyl sites for hydroxylation is 2. The molecule has 108 valence electrons. The van der Waals surface area contributed by atoms with Crippen LogP contribution in [-0.2, 0) is 5.75 Å². The number of nitrogens with two attached hydrogens (primary N) is 1. The fourth-order valence-corrected chi connectivity index (χ4v) is 2.73. The van der Waals surface area contributed by atoms with Crippen molar-refractivity contribution in [1.29, 1.82) is 0 Å². The molecule has 2 N–H and O–H groups in total. The molecule has 2 aromatic rings. The van der Waals surface area contributed by atoms with Crippen molar-refractivity contribution in [2.75, 3.05) is 6.54 Å². The van der Waals surface area contributed by atoms with Gasteiger partial charge in [0.05, 0.1) is 6.54 Å². The summed E-state index contributed by atoms with van der Waals surface area (Å²) in [4.78, 5) is 8.66. The highest BCUT2D eigenvalue weighted by molar-refractivity contribution is 7.98. The third-order valence-corrected chi connectivity index (χ3v) is 3.60. The van der Waals surface area contributed by atoms with Crippen LogP contribution in [0.5, 0.6) is 0 Å². The minimum atomic E-state index is -0.268. The van der Waals surface area contributed by atoms with Crippen molar-refractivity contribution in [3.8, 4) is 11.8 Å². The van der Waals surface area contributed by atoms with Crippen molar-refractivity contribution in [2.24, 2.45) is 5.73 Å². The minimum absolute atomic E-state index is 0.267. The zero-order valence-electron chi connectivity index (χ0n) is 12.0. The normalized spacial score (nSPS) is 10.1. The molecule has 0 spiro atoms. The van der Waals surface area contributed by atoms with Crippen LogP contribution in [0.25, 0.3) is 0 Å². The Bertz CT molecular complexity index is 684. The summed E-state index contributed by atoms with van der Waals surface area (Å²) < 4.78 is 14.0. The fourth-order valence-electron chi connectivity index (χ4n) is 1.80. The highest BCUT2D eigenvalue weighted by atomic mass is 32.2. The quantitative estimate of drug-likeness (QED) is 0.538. The van der Waals surface area contributed by atoms with Crippen LogP contribution in [0.1, 0.15) is 22.5 Å². The van der Waals surface area contributed by atoms with Crippen molar-refractivity contribution in [1.82, 2.24) is 9.97 Å². The van der Waals surface area contributed by atoms with E-state index in [0.717, 1.165) is 11.4 Å². The molecule has 0 fully saturated rings. The zero-order chi connectivity index (χ0) is 15.2. The van der Waals surface area contributed by atoms with Crippen molar-refractivity contribution in [2.45, 2.75) is 24.8 Å². The molecule has 1 aromatic carbocycles. The lowest BCUT2D eigenvalue weighted by Gasteiger charge is -2.05. The van der Waals surface area contributed by atoms with Gasteiger partial charge >= 0.3 is 0 Å². The van der Waals surface area contributed by atoms with Gasteiger partial charge in [-0.1, -0.05) is 29.7 Å². The Hall–Kier alpha value is -1.90. The second kappa shape index (κ2) is 7.21. The molecule has 1 heterocycles. The van der Waals surface area contributed by atoms with Gasteiger partial charge in [-0.05, 0) is 37.6 Å². The Kier molecular flexibility index (Phi) is 5.32. The van der Waals surface area contributed by atoms with Crippen LogP contribution in [-0.4, -0.2) is 16.5 Å². The number of aromatic nitrogens is 2. The summed E-state index contributed by atoms with van der Waals surface area (Å²) in [7, 11) is 0. The van der Waals surface area contributed by atoms with Gasteiger partial charge in [0.1, 0.15) is 5.82 Å². The monoisotopic (exact) mass is 301 g/mol. The van der Waals surface area contributed by atoms with Gasteiger partial charge in [-0.2, -0.15) is 0 Å². The average Bonchev–Trinajstić information content (AvgIpc) is 2.43. The maximum atomic E-state index is 14.0. The van der Waals surface area contributed by atoms with Crippen LogP contribution in [0.15, 0.2) is 29.4 Å². The van der Waals surface area contributed by atoms with Crippen molar-refractivity contribution < 1.29 is 4.39 Å². The number of benzene rings is 1. The van der Waals surface area contributed by atoms with Crippen molar-refractivity contribution in [3.63, 3.8) is 0 Å². The van der Waals surface area contributed by atoms with E-state index in [-0.39, 0.29) is 12.4 Å². The first-order valence-corrected chi connectivity index (χ1v) is 7.49. The third-order valence-electron chi connectivity index (χ3n) is 2.71. The van der Waals surface area contributed by atoms with Crippen LogP contribution in [0.4, 0.5) is 4.39 Å². The van der Waals surface area contributed by atoms with E-state index in [1.807, 2.05) is 19.9 Å². The summed E-state index contributed by atoms with van der Waals surface area (Å²) in [6, 6.07) is 6.88. The molecule has 0 radical (unpaired) electrons. The highest BCUT2D eigenvalue weighted by Crippen LogP contribution is 2.22. The first kappa shape index (κ1) is 15.5. The van der Waals surface area contributed by atoms with E-state index < -0.39 is 0 Å². The van der Waals surface area contributed by atoms with Gasteiger partial charge < -0.3 is 5.73 Å². The molecular formula is C16H16FN3S. The van der Waals surface area contributed by atoms with E-state index in [0.29, 0.717) is 22.0 Å². The van der Waals surface area contributed by atoms with E-state index >= 15 is 0 Å². The number of thioether (sulfide) groups is 1. The Morgan fingerprint density at radius 1 is 1.19 bits per heavy atom. The Morgan fingerprint density at radius 2 is 1.90 bits per heavy atom. The van der Waals surface area contributed by atoms with Crippen LogP contribution < -0.4 is 5.73 Å². The highest BCUT2D eigenvalue weighted by Gasteiger charge is 2.06. The average molecular weight is 301 g/mol. The molecule has 0 bridgehead atoms. The molecule has 0 aliphatic heterocycles. The lowest BCUT2D eigenvalue weighted by Crippen LogP contribution is -1.95. The molecular weight excluding hydrogens is 285 g/mol. The zero-order valence-corrected chi connectivity index (χ0v) is 12.8. The summed E-state index contributed by atoms with van der Waals surface area (Å²) >= 11 is 1.42. The van der Waals surface area contributed by atoms with Crippen molar-refractivity contribution >= 4 is 11.8 Å². The number of halogens is 1. The Morgan fingerprint density at radius 3 is 2.52 bits per heavy atom. The van der Waals surface area contributed by atoms with Gasteiger partial charge in [0.15, 0.2) is 5.16 Å². The van der Waals surface area contributed by atoms with Crippen molar-refractivity contribution in [3.05, 3.63) is 52.6 Å². The Labute approximate surface area is 128 Å². The molecule has 5 heteroatoms. The molecule has 21 heavy (non-hydrogen) atoms. The van der Waals surface area contributed by atoms with Gasteiger partial charge in [0.2, 0.25) is 0 Å². The summed E-state index contributed by atoms with van der Waals surface area (Å²) in [5, 5.41) is 0.666. The summed E-state index contributed by atoms with van der Waals surface area (Å²) in [5.74, 6) is 5.74. The fraction of sp³-hybridized carbons (Fsp3) is 0.250. The Balaban J connectivity index is 2.09. The van der Waals surface area contributed by atoms with Crippen LogP contribution in [0.3, 0.4) is 0 Å². The van der Waals surface area contributed by atoms with E-state index in [1.54, 1.807) is 12.1 Å². The summed E-state index contributed by atoms with van der Waals surface area (Å²) in [6.45, 7) is 4.11. The van der Waals surface area contributed by atoms with Crippen LogP contribution in [0.2, 0.25) is 0 Å². The van der Waals surface area contributed by atoms with E-state index in [1.165, 1.54) is 17.8 Å². The van der Waals surface area contributed by atoms with Gasteiger partial charge in [-0.15, -0.1) is 0 Å². The summed E-state index contributed by atoms with van der Waals surface area (Å²) in [5.41, 5.74) is 8.37. The number of hydrogen-bond acceptors (Lipinski definition) is 4. The third kappa shape index (κ3) is 4.55. The van der Waals surface area contributed by atoms with E-state index in [9.17, 15) is 4.39 Å². The molecule has 1 aromatic heterocycles. The first-order valence-electron chi connectivity index (χ1n) is 6.51. The molecule has 0 aliphatic carbocycles. The number of rotatable bonds is 3. The van der Waals surface area contributed by atoms with Crippen LogP contribution >= 0.6 is 11.8 Å². The largest absolute Gasteiger partial charge is 0.320 e. The molecule has 3 nitrogen and oxygen atoms in total. The van der Waals surface area contributed by atoms with Crippen LogP contribution in [0, 0.1) is 31.5 Å². The first-order chi connectivity index (χ1) is 10.1. The molecule has 0 atom stereocenters. The lowest BCUT2D eigenvalue weighted by atomic mass is 10.1. The molecule has 2 rings (SSSR count).